The first-order chi connectivity index (χ1) is 13.1. The van der Waals surface area contributed by atoms with Crippen LogP contribution in [0.2, 0.25) is 0 Å². The molecule has 0 saturated carbocycles. The quantitative estimate of drug-likeness (QED) is 0.784. The minimum Gasteiger partial charge on any atom is -0.380 e. The van der Waals surface area contributed by atoms with Gasteiger partial charge in [0.2, 0.25) is 17.8 Å². The molecule has 1 spiro atoms. The predicted molar refractivity (Wildman–Crippen MR) is 98.5 cm³/mol. The number of anilines is 3. The molecule has 3 aliphatic rings. The number of aromatic nitrogens is 5. The van der Waals surface area contributed by atoms with Gasteiger partial charge in [-0.15, -0.1) is 0 Å². The van der Waals surface area contributed by atoms with Crippen LogP contribution in [0.25, 0.3) is 11.4 Å². The zero-order valence-corrected chi connectivity index (χ0v) is 15.3. The summed E-state index contributed by atoms with van der Waals surface area (Å²) in [5.74, 6) is 2.17. The fourth-order valence-corrected chi connectivity index (χ4v) is 3.70. The van der Waals surface area contributed by atoms with E-state index in [4.69, 9.17) is 30.2 Å². The maximum Gasteiger partial charge on any atom is 0.230 e. The van der Waals surface area contributed by atoms with E-state index in [2.05, 4.69) is 19.8 Å². The lowest BCUT2D eigenvalue weighted by Gasteiger charge is -2.54. The molecular weight excluding hydrogens is 348 g/mol. The molecule has 2 aromatic rings. The molecule has 10 nitrogen and oxygen atoms in total. The lowest BCUT2D eigenvalue weighted by Crippen LogP contribution is -2.66. The molecule has 0 bridgehead atoms. The molecule has 0 aliphatic carbocycles. The molecule has 27 heavy (non-hydrogen) atoms. The summed E-state index contributed by atoms with van der Waals surface area (Å²) in [5, 5.41) is 0. The molecule has 5 heterocycles. The first kappa shape index (κ1) is 16.6. The Morgan fingerprint density at radius 1 is 0.963 bits per heavy atom. The van der Waals surface area contributed by atoms with Crippen LogP contribution in [0.15, 0.2) is 6.20 Å². The van der Waals surface area contributed by atoms with Gasteiger partial charge >= 0.3 is 0 Å². The molecule has 142 valence electrons. The Labute approximate surface area is 156 Å². The Balaban J connectivity index is 1.52. The molecule has 0 radical (unpaired) electrons. The van der Waals surface area contributed by atoms with E-state index in [0.717, 1.165) is 50.7 Å². The lowest BCUT2D eigenvalue weighted by molar-refractivity contribution is -0.127. The van der Waals surface area contributed by atoms with Crippen LogP contribution < -0.4 is 15.5 Å². The molecule has 0 aromatic carbocycles. The van der Waals surface area contributed by atoms with E-state index in [1.54, 1.807) is 6.20 Å². The molecular formula is C17H22N8O2. The standard InChI is InChI=1S/C17H22N8O2/c1-11-12(6-19-14(18)20-11)13-21-15(24-2-4-26-5-3-24)23-16(22-13)25-7-17(8-25)9-27-10-17/h6H,2-5,7-10H2,1H3,(H2,18,19,20). The number of nitrogens with two attached hydrogens (primary N) is 1. The summed E-state index contributed by atoms with van der Waals surface area (Å²) in [6.07, 6.45) is 1.68. The van der Waals surface area contributed by atoms with Gasteiger partial charge in [0.25, 0.3) is 0 Å². The lowest BCUT2D eigenvalue weighted by atomic mass is 9.78. The fraction of sp³-hybridized carbons (Fsp3) is 0.588. The van der Waals surface area contributed by atoms with Crippen LogP contribution >= 0.6 is 0 Å². The van der Waals surface area contributed by atoms with Crippen LogP contribution in [-0.2, 0) is 9.47 Å². The number of nitrogens with zero attached hydrogens (tertiary/aromatic N) is 7. The zero-order chi connectivity index (χ0) is 18.4. The maximum absolute atomic E-state index is 5.70. The van der Waals surface area contributed by atoms with Crippen LogP contribution in [0.1, 0.15) is 5.69 Å². The maximum atomic E-state index is 5.70. The SMILES string of the molecule is Cc1nc(N)ncc1-c1nc(N2CCOCC2)nc(N2CC3(COC3)C2)n1. The summed E-state index contributed by atoms with van der Waals surface area (Å²) in [6.45, 7) is 8.22. The molecule has 0 atom stereocenters. The van der Waals surface area contributed by atoms with E-state index in [9.17, 15) is 0 Å². The molecule has 3 fully saturated rings. The van der Waals surface area contributed by atoms with Gasteiger partial charge in [0.15, 0.2) is 5.82 Å². The minimum absolute atomic E-state index is 0.244. The normalized spacial score (nSPS) is 21.1. The van der Waals surface area contributed by atoms with E-state index in [1.807, 2.05) is 6.92 Å². The Morgan fingerprint density at radius 3 is 2.30 bits per heavy atom. The number of nitrogen functional groups attached to an aromatic ring is 1. The van der Waals surface area contributed by atoms with Crippen molar-refractivity contribution in [3.63, 3.8) is 0 Å². The van der Waals surface area contributed by atoms with Crippen molar-refractivity contribution in [2.24, 2.45) is 5.41 Å². The van der Waals surface area contributed by atoms with Crippen molar-refractivity contribution in [3.05, 3.63) is 11.9 Å². The van der Waals surface area contributed by atoms with Gasteiger partial charge in [0.1, 0.15) is 0 Å². The van der Waals surface area contributed by atoms with Crippen LogP contribution in [0.3, 0.4) is 0 Å². The number of hydrogen-bond donors (Lipinski definition) is 1. The van der Waals surface area contributed by atoms with Gasteiger partial charge in [-0.25, -0.2) is 9.97 Å². The smallest absolute Gasteiger partial charge is 0.230 e. The second-order valence-electron chi connectivity index (χ2n) is 7.43. The van der Waals surface area contributed by atoms with Crippen LogP contribution in [0, 0.1) is 12.3 Å². The van der Waals surface area contributed by atoms with Gasteiger partial charge in [-0.1, -0.05) is 0 Å². The van der Waals surface area contributed by atoms with Gasteiger partial charge in [-0.2, -0.15) is 15.0 Å². The highest BCUT2D eigenvalue weighted by Crippen LogP contribution is 2.39. The molecule has 3 aliphatic heterocycles. The fourth-order valence-electron chi connectivity index (χ4n) is 3.70. The Morgan fingerprint density at radius 2 is 1.67 bits per heavy atom. The largest absolute Gasteiger partial charge is 0.380 e. The third-order valence-corrected chi connectivity index (χ3v) is 5.30. The zero-order valence-electron chi connectivity index (χ0n) is 15.3. The molecule has 2 N–H and O–H groups in total. The van der Waals surface area contributed by atoms with Crippen molar-refractivity contribution in [1.82, 2.24) is 24.9 Å². The van der Waals surface area contributed by atoms with Crippen molar-refractivity contribution in [3.8, 4) is 11.4 Å². The highest BCUT2D eigenvalue weighted by molar-refractivity contribution is 5.61. The highest BCUT2D eigenvalue weighted by atomic mass is 16.5. The third-order valence-electron chi connectivity index (χ3n) is 5.30. The van der Waals surface area contributed by atoms with Crippen LogP contribution in [0.5, 0.6) is 0 Å². The van der Waals surface area contributed by atoms with E-state index in [0.29, 0.717) is 30.9 Å². The number of morpholine rings is 1. The minimum atomic E-state index is 0.244. The number of rotatable bonds is 3. The molecule has 5 rings (SSSR count). The predicted octanol–water partition coefficient (Wildman–Crippen LogP) is -0.108. The Kier molecular flexibility index (Phi) is 3.83. The summed E-state index contributed by atoms with van der Waals surface area (Å²) < 4.78 is 10.8. The van der Waals surface area contributed by atoms with E-state index >= 15 is 0 Å². The first-order valence-electron chi connectivity index (χ1n) is 9.13. The van der Waals surface area contributed by atoms with E-state index < -0.39 is 0 Å². The van der Waals surface area contributed by atoms with Gasteiger partial charge in [-0.05, 0) is 6.92 Å². The Hall–Kier alpha value is -2.59. The Bertz CT molecular complexity index is 858. The number of ether oxygens (including phenoxy) is 2. The van der Waals surface area contributed by atoms with Crippen molar-refractivity contribution in [1.29, 1.82) is 0 Å². The summed E-state index contributed by atoms with van der Waals surface area (Å²) in [7, 11) is 0. The molecule has 10 heteroatoms. The number of hydrogen-bond acceptors (Lipinski definition) is 10. The summed E-state index contributed by atoms with van der Waals surface area (Å²) >= 11 is 0. The molecule has 0 amide bonds. The molecule has 3 saturated heterocycles. The average molecular weight is 370 g/mol. The van der Waals surface area contributed by atoms with Crippen molar-refractivity contribution in [2.75, 3.05) is 68.1 Å². The highest BCUT2D eigenvalue weighted by Gasteiger charge is 2.50. The van der Waals surface area contributed by atoms with Gasteiger partial charge < -0.3 is 25.0 Å². The van der Waals surface area contributed by atoms with Gasteiger partial charge in [0, 0.05) is 32.4 Å². The second-order valence-corrected chi connectivity index (χ2v) is 7.43. The second kappa shape index (κ2) is 6.24. The van der Waals surface area contributed by atoms with Gasteiger partial charge in [-0.3, -0.25) is 0 Å². The van der Waals surface area contributed by atoms with Crippen LogP contribution in [0.4, 0.5) is 17.8 Å². The number of aryl methyl sites for hydroxylation is 1. The third kappa shape index (κ3) is 2.94. The van der Waals surface area contributed by atoms with E-state index in [-0.39, 0.29) is 11.4 Å². The molecule has 2 aromatic heterocycles. The average Bonchev–Trinajstić information content (AvgIpc) is 2.60. The van der Waals surface area contributed by atoms with Crippen molar-refractivity contribution in [2.45, 2.75) is 6.92 Å². The van der Waals surface area contributed by atoms with Gasteiger partial charge in [0.05, 0.1) is 43.1 Å². The van der Waals surface area contributed by atoms with E-state index in [1.165, 1.54) is 0 Å². The summed E-state index contributed by atoms with van der Waals surface area (Å²) in [6, 6.07) is 0. The van der Waals surface area contributed by atoms with Crippen LogP contribution in [-0.4, -0.2) is 77.5 Å². The van der Waals surface area contributed by atoms with Crippen molar-refractivity contribution < 1.29 is 9.47 Å². The molecule has 0 unspecified atom stereocenters. The summed E-state index contributed by atoms with van der Waals surface area (Å²) in [5.41, 5.74) is 7.50. The monoisotopic (exact) mass is 370 g/mol. The van der Waals surface area contributed by atoms with Crippen molar-refractivity contribution >= 4 is 17.8 Å². The first-order valence-corrected chi connectivity index (χ1v) is 9.13. The topological polar surface area (TPSA) is 115 Å². The summed E-state index contributed by atoms with van der Waals surface area (Å²) in [4.78, 5) is 26.8.